The van der Waals surface area contributed by atoms with Gasteiger partial charge in [-0.1, -0.05) is 11.2 Å². The summed E-state index contributed by atoms with van der Waals surface area (Å²) >= 11 is 0. The maximum Gasteiger partial charge on any atom is 0.354 e. The third-order valence-electron chi connectivity index (χ3n) is 4.45. The number of hydrogen-bond acceptors (Lipinski definition) is 6. The Morgan fingerprint density at radius 2 is 2.09 bits per heavy atom. The topological polar surface area (TPSA) is 92.3 Å². The minimum absolute atomic E-state index is 0.0696. The molecule has 0 spiro atoms. The number of rotatable bonds is 4. The van der Waals surface area contributed by atoms with Gasteiger partial charge in [0.05, 0.1) is 0 Å². The molecular weight excluding hydrogens is 296 g/mol. The molecule has 23 heavy (non-hydrogen) atoms. The van der Waals surface area contributed by atoms with E-state index in [1.165, 1.54) is 6.07 Å². The summed E-state index contributed by atoms with van der Waals surface area (Å²) in [5.41, 5.74) is 0.0696. The van der Waals surface area contributed by atoms with Crippen molar-refractivity contribution in [1.82, 2.24) is 15.1 Å². The lowest BCUT2D eigenvalue weighted by atomic mass is 9.97. The lowest BCUT2D eigenvalue weighted by Crippen LogP contribution is -2.35. The Hall–Kier alpha value is -2.44. The summed E-state index contributed by atoms with van der Waals surface area (Å²) in [6.07, 6.45) is 4.30. The van der Waals surface area contributed by atoms with Crippen LogP contribution in [0.15, 0.2) is 22.7 Å². The first-order chi connectivity index (χ1) is 11.2. The quantitative estimate of drug-likeness (QED) is 0.926. The number of hydrogen-bond donors (Lipinski definition) is 1. The molecule has 0 amide bonds. The molecule has 0 aromatic carbocycles. The molecule has 7 heteroatoms. The molecule has 0 radical (unpaired) electrons. The van der Waals surface area contributed by atoms with Gasteiger partial charge in [0.15, 0.2) is 11.5 Å². The largest absolute Gasteiger partial charge is 0.477 e. The van der Waals surface area contributed by atoms with Crippen molar-refractivity contribution in [3.63, 3.8) is 0 Å². The molecule has 1 aliphatic heterocycles. The lowest BCUT2D eigenvalue weighted by Gasteiger charge is -2.32. The number of carbonyl (C=O) groups is 1. The highest BCUT2D eigenvalue weighted by atomic mass is 16.5. The van der Waals surface area contributed by atoms with E-state index in [-0.39, 0.29) is 11.6 Å². The standard InChI is InChI=1S/C16H18N4O3/c21-16(22)12-4-1-5-13(17-12)20-8-2-3-11(9-20)14-18-15(23-19-14)10-6-7-10/h1,4-5,10-11H,2-3,6-9H2,(H,21,22). The van der Waals surface area contributed by atoms with E-state index in [2.05, 4.69) is 20.0 Å². The summed E-state index contributed by atoms with van der Waals surface area (Å²) in [4.78, 5) is 22.0. The molecule has 7 nitrogen and oxygen atoms in total. The zero-order valence-electron chi connectivity index (χ0n) is 12.7. The Kier molecular flexibility index (Phi) is 3.48. The average Bonchev–Trinajstić information content (AvgIpc) is 3.32. The fraction of sp³-hybridized carbons (Fsp3) is 0.500. The van der Waals surface area contributed by atoms with Gasteiger partial charge in [-0.2, -0.15) is 4.98 Å². The van der Waals surface area contributed by atoms with Crippen molar-refractivity contribution in [1.29, 1.82) is 0 Å². The molecule has 2 aliphatic rings. The second-order valence-corrected chi connectivity index (χ2v) is 6.24. The van der Waals surface area contributed by atoms with E-state index in [1.54, 1.807) is 6.07 Å². The Labute approximate surface area is 133 Å². The predicted octanol–water partition coefficient (Wildman–Crippen LogP) is 2.42. The number of aromatic carboxylic acids is 1. The summed E-state index contributed by atoms with van der Waals surface area (Å²) in [5.74, 6) is 1.89. The van der Waals surface area contributed by atoms with Gasteiger partial charge in [-0.25, -0.2) is 9.78 Å². The van der Waals surface area contributed by atoms with E-state index >= 15 is 0 Å². The van der Waals surface area contributed by atoms with E-state index in [4.69, 9.17) is 9.63 Å². The van der Waals surface area contributed by atoms with E-state index in [1.807, 2.05) is 6.07 Å². The molecule has 2 aromatic heterocycles. The number of aromatic nitrogens is 3. The predicted molar refractivity (Wildman–Crippen MR) is 81.7 cm³/mol. The van der Waals surface area contributed by atoms with Gasteiger partial charge in [-0.05, 0) is 37.8 Å². The first kappa shape index (κ1) is 14.2. The monoisotopic (exact) mass is 314 g/mol. The molecule has 0 bridgehead atoms. The number of anilines is 1. The van der Waals surface area contributed by atoms with Gasteiger partial charge >= 0.3 is 5.97 Å². The highest BCUT2D eigenvalue weighted by molar-refractivity contribution is 5.85. The Morgan fingerprint density at radius 3 is 2.87 bits per heavy atom. The minimum Gasteiger partial charge on any atom is -0.477 e. The number of piperidine rings is 1. The summed E-state index contributed by atoms with van der Waals surface area (Å²) in [6.45, 7) is 1.60. The second-order valence-electron chi connectivity index (χ2n) is 6.24. The molecule has 4 rings (SSSR count). The van der Waals surface area contributed by atoms with E-state index in [0.29, 0.717) is 11.7 Å². The third-order valence-corrected chi connectivity index (χ3v) is 4.45. The summed E-state index contributed by atoms with van der Waals surface area (Å²) in [7, 11) is 0. The third kappa shape index (κ3) is 2.91. The maximum atomic E-state index is 11.1. The van der Waals surface area contributed by atoms with Crippen LogP contribution < -0.4 is 4.90 Å². The molecule has 120 valence electrons. The van der Waals surface area contributed by atoms with Crippen molar-refractivity contribution in [3.8, 4) is 0 Å². The van der Waals surface area contributed by atoms with Crippen molar-refractivity contribution in [2.45, 2.75) is 37.5 Å². The molecular formula is C16H18N4O3. The van der Waals surface area contributed by atoms with E-state index < -0.39 is 5.97 Å². The average molecular weight is 314 g/mol. The number of pyridine rings is 1. The first-order valence-corrected chi connectivity index (χ1v) is 7.99. The Bertz CT molecular complexity index is 726. The molecule has 1 N–H and O–H groups in total. The van der Waals surface area contributed by atoms with Crippen LogP contribution in [0.5, 0.6) is 0 Å². The number of carboxylic acids is 1. The van der Waals surface area contributed by atoms with Crippen molar-refractivity contribution < 1.29 is 14.4 Å². The Balaban J connectivity index is 1.51. The van der Waals surface area contributed by atoms with Crippen LogP contribution in [0, 0.1) is 0 Å². The van der Waals surface area contributed by atoms with Gasteiger partial charge in [-0.15, -0.1) is 0 Å². The fourth-order valence-electron chi connectivity index (χ4n) is 3.02. The van der Waals surface area contributed by atoms with Gasteiger partial charge in [0, 0.05) is 24.9 Å². The van der Waals surface area contributed by atoms with Gasteiger partial charge in [0.2, 0.25) is 5.89 Å². The van der Waals surface area contributed by atoms with Crippen molar-refractivity contribution in [2.24, 2.45) is 0 Å². The van der Waals surface area contributed by atoms with Crippen molar-refractivity contribution in [3.05, 3.63) is 35.6 Å². The number of carboxylic acid groups (broad SMARTS) is 1. The normalized spacial score (nSPS) is 21.4. The fourth-order valence-corrected chi connectivity index (χ4v) is 3.02. The van der Waals surface area contributed by atoms with Crippen LogP contribution in [0.4, 0.5) is 5.82 Å². The second kappa shape index (κ2) is 5.64. The van der Waals surface area contributed by atoms with Crippen LogP contribution in [-0.2, 0) is 0 Å². The molecule has 1 aliphatic carbocycles. The maximum absolute atomic E-state index is 11.1. The molecule has 1 unspecified atom stereocenters. The van der Waals surface area contributed by atoms with Crippen LogP contribution in [0.1, 0.15) is 59.7 Å². The van der Waals surface area contributed by atoms with Crippen LogP contribution in [0.3, 0.4) is 0 Å². The first-order valence-electron chi connectivity index (χ1n) is 7.99. The highest BCUT2D eigenvalue weighted by Gasteiger charge is 2.32. The van der Waals surface area contributed by atoms with Crippen molar-refractivity contribution >= 4 is 11.8 Å². The molecule has 1 saturated heterocycles. The molecule has 3 heterocycles. The SMILES string of the molecule is O=C(O)c1cccc(N2CCCC(c3noc(C4CC4)n3)C2)n1. The van der Waals surface area contributed by atoms with E-state index in [0.717, 1.165) is 50.5 Å². The lowest BCUT2D eigenvalue weighted by molar-refractivity contribution is 0.0690. The summed E-state index contributed by atoms with van der Waals surface area (Å²) < 4.78 is 5.36. The van der Waals surface area contributed by atoms with Gasteiger partial charge in [0.25, 0.3) is 0 Å². The molecule has 2 aromatic rings. The highest BCUT2D eigenvalue weighted by Crippen LogP contribution is 2.39. The number of nitrogens with zero attached hydrogens (tertiary/aromatic N) is 4. The zero-order chi connectivity index (χ0) is 15.8. The van der Waals surface area contributed by atoms with Crippen LogP contribution in [0.25, 0.3) is 0 Å². The van der Waals surface area contributed by atoms with Gasteiger partial charge < -0.3 is 14.5 Å². The van der Waals surface area contributed by atoms with Crippen molar-refractivity contribution in [2.75, 3.05) is 18.0 Å². The van der Waals surface area contributed by atoms with Gasteiger partial charge in [0.1, 0.15) is 5.82 Å². The van der Waals surface area contributed by atoms with E-state index in [9.17, 15) is 4.79 Å². The molecule has 1 saturated carbocycles. The zero-order valence-corrected chi connectivity index (χ0v) is 12.7. The summed E-state index contributed by atoms with van der Waals surface area (Å²) in [5, 5.41) is 13.2. The van der Waals surface area contributed by atoms with Crippen LogP contribution in [0.2, 0.25) is 0 Å². The minimum atomic E-state index is -1.01. The smallest absolute Gasteiger partial charge is 0.354 e. The molecule has 2 fully saturated rings. The molecule has 1 atom stereocenters. The Morgan fingerprint density at radius 1 is 1.22 bits per heavy atom. The van der Waals surface area contributed by atoms with Gasteiger partial charge in [-0.3, -0.25) is 0 Å². The summed E-state index contributed by atoms with van der Waals surface area (Å²) in [6, 6.07) is 5.09. The van der Waals surface area contributed by atoms with Crippen LogP contribution >= 0.6 is 0 Å². The van der Waals surface area contributed by atoms with Crippen LogP contribution in [-0.4, -0.2) is 39.3 Å².